The van der Waals surface area contributed by atoms with Crippen molar-refractivity contribution in [1.29, 1.82) is 0 Å². The Bertz CT molecular complexity index is 509. The summed E-state index contributed by atoms with van der Waals surface area (Å²) in [5, 5.41) is 11.8. The first-order valence-electron chi connectivity index (χ1n) is 6.01. The Morgan fingerprint density at radius 1 is 1.21 bits per heavy atom. The molecule has 0 aliphatic rings. The smallest absolute Gasteiger partial charge is 0.329 e. The van der Waals surface area contributed by atoms with Gasteiger partial charge in [0.05, 0.1) is 0 Å². The van der Waals surface area contributed by atoms with E-state index in [1.807, 2.05) is 26.0 Å². The van der Waals surface area contributed by atoms with Gasteiger partial charge in [0.15, 0.2) is 0 Å². The summed E-state index contributed by atoms with van der Waals surface area (Å²) in [7, 11) is 1.46. The fraction of sp³-hybridized carbons (Fsp3) is 0.429. The molecule has 19 heavy (non-hydrogen) atoms. The van der Waals surface area contributed by atoms with E-state index in [9.17, 15) is 9.59 Å². The Morgan fingerprint density at radius 2 is 1.79 bits per heavy atom. The summed E-state index contributed by atoms with van der Waals surface area (Å²) in [4.78, 5) is 24.3. The molecule has 1 rings (SSSR count). The van der Waals surface area contributed by atoms with Crippen LogP contribution in [0, 0.1) is 13.8 Å². The molecule has 5 heteroatoms. The lowest BCUT2D eigenvalue weighted by Crippen LogP contribution is -2.52. The molecule has 5 nitrogen and oxygen atoms in total. The number of amides is 2. The maximum absolute atomic E-state index is 12.0. The third-order valence-corrected chi connectivity index (χ3v) is 3.42. The first-order valence-corrected chi connectivity index (χ1v) is 6.01. The highest BCUT2D eigenvalue weighted by atomic mass is 16.4. The van der Waals surface area contributed by atoms with Crippen molar-refractivity contribution < 1.29 is 14.7 Å². The molecule has 0 unspecified atom stereocenters. The van der Waals surface area contributed by atoms with E-state index in [4.69, 9.17) is 5.11 Å². The lowest BCUT2D eigenvalue weighted by molar-refractivity contribution is -0.146. The molecule has 104 valence electrons. The number of aryl methyl sites for hydroxylation is 2. The zero-order valence-electron chi connectivity index (χ0n) is 11.9. The number of carboxylic acids is 1. The van der Waals surface area contributed by atoms with E-state index < -0.39 is 17.5 Å². The average Bonchev–Trinajstić information content (AvgIpc) is 2.32. The van der Waals surface area contributed by atoms with Crippen molar-refractivity contribution in [2.45, 2.75) is 33.2 Å². The topological polar surface area (TPSA) is 69.6 Å². The summed E-state index contributed by atoms with van der Waals surface area (Å²) in [5.74, 6) is -1.05. The van der Waals surface area contributed by atoms with Crippen molar-refractivity contribution in [3.8, 4) is 0 Å². The lowest BCUT2D eigenvalue weighted by Gasteiger charge is -2.31. The minimum absolute atomic E-state index is 0.448. The van der Waals surface area contributed by atoms with Crippen LogP contribution in [0.4, 0.5) is 10.5 Å². The van der Waals surface area contributed by atoms with Crippen LogP contribution in [0.5, 0.6) is 0 Å². The highest BCUT2D eigenvalue weighted by molar-refractivity contribution is 5.93. The van der Waals surface area contributed by atoms with Crippen LogP contribution >= 0.6 is 0 Å². The molecule has 1 aromatic rings. The maximum Gasteiger partial charge on any atom is 0.329 e. The van der Waals surface area contributed by atoms with Crippen molar-refractivity contribution in [1.82, 2.24) is 4.90 Å². The van der Waals surface area contributed by atoms with E-state index in [1.54, 1.807) is 6.07 Å². The van der Waals surface area contributed by atoms with Crippen LogP contribution in [0.25, 0.3) is 0 Å². The summed E-state index contributed by atoms with van der Waals surface area (Å²) in [5.41, 5.74) is 1.60. The van der Waals surface area contributed by atoms with E-state index in [2.05, 4.69) is 5.32 Å². The van der Waals surface area contributed by atoms with Crippen LogP contribution < -0.4 is 5.32 Å². The van der Waals surface area contributed by atoms with E-state index in [1.165, 1.54) is 25.8 Å². The minimum atomic E-state index is -1.26. The van der Waals surface area contributed by atoms with Crippen LogP contribution in [-0.2, 0) is 4.79 Å². The monoisotopic (exact) mass is 264 g/mol. The number of aliphatic carboxylic acids is 1. The van der Waals surface area contributed by atoms with Gasteiger partial charge in [-0.25, -0.2) is 9.59 Å². The summed E-state index contributed by atoms with van der Waals surface area (Å²) >= 11 is 0. The summed E-state index contributed by atoms with van der Waals surface area (Å²) in [6, 6.07) is 5.11. The number of carbonyl (C=O) groups is 2. The Balaban J connectivity index is 2.85. The molecular formula is C14H20N2O3. The number of benzene rings is 1. The van der Waals surface area contributed by atoms with Crippen molar-refractivity contribution in [2.75, 3.05) is 12.4 Å². The number of likely N-dealkylation sites (N-methyl/N-ethyl adjacent to an activating group) is 1. The Hall–Kier alpha value is -2.04. The third-order valence-electron chi connectivity index (χ3n) is 3.42. The van der Waals surface area contributed by atoms with Gasteiger partial charge >= 0.3 is 12.0 Å². The number of hydrogen-bond acceptors (Lipinski definition) is 2. The van der Waals surface area contributed by atoms with Gasteiger partial charge in [-0.15, -0.1) is 0 Å². The van der Waals surface area contributed by atoms with Crippen LogP contribution in [0.2, 0.25) is 0 Å². The van der Waals surface area contributed by atoms with Crippen molar-refractivity contribution in [2.24, 2.45) is 0 Å². The first-order chi connectivity index (χ1) is 8.66. The molecule has 0 saturated heterocycles. The normalized spacial score (nSPS) is 11.0. The molecule has 0 radical (unpaired) electrons. The zero-order valence-corrected chi connectivity index (χ0v) is 11.9. The van der Waals surface area contributed by atoms with Crippen molar-refractivity contribution >= 4 is 17.7 Å². The molecule has 0 fully saturated rings. The van der Waals surface area contributed by atoms with Gasteiger partial charge < -0.3 is 15.3 Å². The van der Waals surface area contributed by atoms with Crippen LogP contribution in [0.3, 0.4) is 0 Å². The van der Waals surface area contributed by atoms with Gasteiger partial charge in [-0.3, -0.25) is 0 Å². The number of carbonyl (C=O) groups excluding carboxylic acids is 1. The highest BCUT2D eigenvalue weighted by Gasteiger charge is 2.35. The molecule has 2 N–H and O–H groups in total. The summed E-state index contributed by atoms with van der Waals surface area (Å²) in [6.45, 7) is 6.90. The molecule has 0 bridgehead atoms. The van der Waals surface area contributed by atoms with Gasteiger partial charge in [0.2, 0.25) is 0 Å². The van der Waals surface area contributed by atoms with E-state index >= 15 is 0 Å². The van der Waals surface area contributed by atoms with Crippen LogP contribution in [0.15, 0.2) is 18.2 Å². The van der Waals surface area contributed by atoms with E-state index in [0.29, 0.717) is 5.69 Å². The Kier molecular flexibility index (Phi) is 4.19. The van der Waals surface area contributed by atoms with E-state index in [-0.39, 0.29) is 0 Å². The number of nitrogens with one attached hydrogen (secondary N) is 1. The zero-order chi connectivity index (χ0) is 14.8. The quantitative estimate of drug-likeness (QED) is 0.881. The Labute approximate surface area is 113 Å². The number of carboxylic acid groups (broad SMARTS) is 1. The number of urea groups is 1. The maximum atomic E-state index is 12.0. The average molecular weight is 264 g/mol. The second kappa shape index (κ2) is 5.30. The molecule has 0 atom stereocenters. The number of anilines is 1. The van der Waals surface area contributed by atoms with Crippen molar-refractivity contribution in [3.63, 3.8) is 0 Å². The molecule has 1 aromatic carbocycles. The van der Waals surface area contributed by atoms with Gasteiger partial charge in [-0.2, -0.15) is 0 Å². The predicted octanol–water partition coefficient (Wildman–Crippen LogP) is 2.63. The number of rotatable bonds is 3. The SMILES string of the molecule is Cc1ccc(NC(=O)N(C)C(C)(C)C(=O)O)cc1C. The van der Waals surface area contributed by atoms with Crippen molar-refractivity contribution in [3.05, 3.63) is 29.3 Å². The van der Waals surface area contributed by atoms with Crippen LogP contribution in [0.1, 0.15) is 25.0 Å². The third kappa shape index (κ3) is 3.24. The first kappa shape index (κ1) is 15.0. The molecule has 2 amide bonds. The molecule has 0 aliphatic heterocycles. The van der Waals surface area contributed by atoms with Gasteiger partial charge in [0, 0.05) is 12.7 Å². The van der Waals surface area contributed by atoms with Gasteiger partial charge in [-0.05, 0) is 51.0 Å². The lowest BCUT2D eigenvalue weighted by atomic mass is 10.0. The fourth-order valence-corrected chi connectivity index (χ4v) is 1.42. The van der Waals surface area contributed by atoms with E-state index in [0.717, 1.165) is 11.1 Å². The summed E-state index contributed by atoms with van der Waals surface area (Å²) in [6.07, 6.45) is 0. The summed E-state index contributed by atoms with van der Waals surface area (Å²) < 4.78 is 0. The standard InChI is InChI=1S/C14H20N2O3/c1-9-6-7-11(8-10(9)2)15-13(19)16(5)14(3,4)12(17)18/h6-8H,1-5H3,(H,15,19)(H,17,18). The highest BCUT2D eigenvalue weighted by Crippen LogP contribution is 2.17. The molecule has 0 spiro atoms. The van der Waals surface area contributed by atoms with Crippen LogP contribution in [-0.4, -0.2) is 34.6 Å². The molecule has 0 saturated carbocycles. The number of nitrogens with zero attached hydrogens (tertiary/aromatic N) is 1. The number of hydrogen-bond donors (Lipinski definition) is 2. The minimum Gasteiger partial charge on any atom is -0.480 e. The molecule has 0 aliphatic carbocycles. The predicted molar refractivity (Wildman–Crippen MR) is 74.4 cm³/mol. The molecule has 0 aromatic heterocycles. The molecular weight excluding hydrogens is 244 g/mol. The second-order valence-corrected chi connectivity index (χ2v) is 5.15. The second-order valence-electron chi connectivity index (χ2n) is 5.15. The van der Waals surface area contributed by atoms with Gasteiger partial charge in [-0.1, -0.05) is 6.07 Å². The Morgan fingerprint density at radius 3 is 2.26 bits per heavy atom. The van der Waals surface area contributed by atoms with Gasteiger partial charge in [0.25, 0.3) is 0 Å². The van der Waals surface area contributed by atoms with Gasteiger partial charge in [0.1, 0.15) is 5.54 Å². The fourth-order valence-electron chi connectivity index (χ4n) is 1.42. The largest absolute Gasteiger partial charge is 0.480 e. The molecule has 0 heterocycles.